The Balaban J connectivity index is 0.00000289. The van der Waals surface area contributed by atoms with Gasteiger partial charge in [0.2, 0.25) is 0 Å². The first-order valence-electron chi connectivity index (χ1n) is 5.06. The van der Waals surface area contributed by atoms with Gasteiger partial charge in [-0.2, -0.15) is 0 Å². The first-order chi connectivity index (χ1) is 7.84. The van der Waals surface area contributed by atoms with Gasteiger partial charge in [0.05, 0.1) is 12.7 Å². The number of carboxylic acid groups (broad SMARTS) is 1. The summed E-state index contributed by atoms with van der Waals surface area (Å²) in [6.45, 7) is 1.23. The molecule has 18 heavy (non-hydrogen) atoms. The van der Waals surface area contributed by atoms with E-state index in [1.165, 1.54) is 6.92 Å². The number of ether oxygens (including phenoxy) is 2. The van der Waals surface area contributed by atoms with Gasteiger partial charge in [0, 0.05) is 0 Å². The standard InChI is InChI=1S/C9H16O8.Na/c1-3(10)2-16-9-6(13)4(11)5(12)7(17-9)8(14)15;/h3-7,9-13H,2H2,1H3,(H,14,15);/q;+1. The molecule has 1 aliphatic heterocycles. The van der Waals surface area contributed by atoms with E-state index in [0.29, 0.717) is 0 Å². The van der Waals surface area contributed by atoms with Gasteiger partial charge in [-0.05, 0) is 6.92 Å². The summed E-state index contributed by atoms with van der Waals surface area (Å²) in [5.41, 5.74) is 0. The van der Waals surface area contributed by atoms with Gasteiger partial charge in [0.25, 0.3) is 0 Å². The van der Waals surface area contributed by atoms with Gasteiger partial charge in [0.15, 0.2) is 12.4 Å². The third-order valence-electron chi connectivity index (χ3n) is 2.31. The van der Waals surface area contributed by atoms with Crippen LogP contribution in [0.3, 0.4) is 0 Å². The molecule has 100 valence electrons. The van der Waals surface area contributed by atoms with Crippen LogP contribution in [0.2, 0.25) is 0 Å². The van der Waals surface area contributed by atoms with Gasteiger partial charge in [-0.3, -0.25) is 0 Å². The van der Waals surface area contributed by atoms with Crippen LogP contribution in [0.1, 0.15) is 6.92 Å². The van der Waals surface area contributed by atoms with E-state index < -0.39 is 42.8 Å². The molecule has 0 saturated carbocycles. The average Bonchev–Trinajstić information content (AvgIpc) is 2.24. The van der Waals surface area contributed by atoms with E-state index in [1.54, 1.807) is 0 Å². The van der Waals surface area contributed by atoms with E-state index in [1.807, 2.05) is 0 Å². The van der Waals surface area contributed by atoms with Crippen LogP contribution >= 0.6 is 0 Å². The molecule has 0 aliphatic carbocycles. The minimum Gasteiger partial charge on any atom is -0.479 e. The van der Waals surface area contributed by atoms with Crippen molar-refractivity contribution in [2.24, 2.45) is 0 Å². The Hall–Kier alpha value is 0.230. The van der Waals surface area contributed by atoms with E-state index in [2.05, 4.69) is 0 Å². The van der Waals surface area contributed by atoms with E-state index in [4.69, 9.17) is 19.7 Å². The topological polar surface area (TPSA) is 137 Å². The Labute approximate surface area is 125 Å². The maximum Gasteiger partial charge on any atom is 1.00 e. The summed E-state index contributed by atoms with van der Waals surface area (Å²) in [4.78, 5) is 10.7. The van der Waals surface area contributed by atoms with Crippen LogP contribution in [0.15, 0.2) is 0 Å². The summed E-state index contributed by atoms with van der Waals surface area (Å²) >= 11 is 0. The molecule has 1 fully saturated rings. The van der Waals surface area contributed by atoms with Crippen molar-refractivity contribution in [2.75, 3.05) is 6.61 Å². The molecule has 0 radical (unpaired) electrons. The summed E-state index contributed by atoms with van der Waals surface area (Å²) in [7, 11) is 0. The number of hydrogen-bond acceptors (Lipinski definition) is 7. The van der Waals surface area contributed by atoms with Crippen molar-refractivity contribution in [1.82, 2.24) is 0 Å². The second kappa shape index (κ2) is 7.73. The molecule has 0 amide bonds. The van der Waals surface area contributed by atoms with E-state index >= 15 is 0 Å². The molecule has 1 rings (SSSR count). The summed E-state index contributed by atoms with van der Waals surface area (Å²) in [6.07, 6.45) is -8.95. The van der Waals surface area contributed by atoms with Crippen LogP contribution in [-0.2, 0) is 14.3 Å². The van der Waals surface area contributed by atoms with E-state index in [9.17, 15) is 20.1 Å². The van der Waals surface area contributed by atoms with Crippen molar-refractivity contribution in [1.29, 1.82) is 0 Å². The molecule has 8 nitrogen and oxygen atoms in total. The first kappa shape index (κ1) is 18.2. The Morgan fingerprint density at radius 3 is 2.28 bits per heavy atom. The largest absolute Gasteiger partial charge is 1.00 e. The molecular formula is C9H16NaO8+. The van der Waals surface area contributed by atoms with Crippen molar-refractivity contribution in [3.05, 3.63) is 0 Å². The maximum absolute atomic E-state index is 10.7. The molecule has 0 spiro atoms. The summed E-state index contributed by atoms with van der Waals surface area (Å²) < 4.78 is 9.70. The van der Waals surface area contributed by atoms with Crippen molar-refractivity contribution in [2.45, 2.75) is 43.7 Å². The number of aliphatic carboxylic acids is 1. The maximum atomic E-state index is 10.7. The summed E-state index contributed by atoms with van der Waals surface area (Å²) in [5, 5.41) is 46.0. The van der Waals surface area contributed by atoms with Gasteiger partial charge >= 0.3 is 35.5 Å². The van der Waals surface area contributed by atoms with Crippen molar-refractivity contribution >= 4 is 5.97 Å². The van der Waals surface area contributed by atoms with Gasteiger partial charge in [-0.1, -0.05) is 0 Å². The van der Waals surface area contributed by atoms with E-state index in [-0.39, 0.29) is 36.2 Å². The predicted molar refractivity (Wildman–Crippen MR) is 52.0 cm³/mol. The molecule has 9 heteroatoms. The number of rotatable bonds is 4. The van der Waals surface area contributed by atoms with Crippen LogP contribution in [0.5, 0.6) is 0 Å². The monoisotopic (exact) mass is 275 g/mol. The second-order valence-corrected chi connectivity index (χ2v) is 3.92. The number of aliphatic hydroxyl groups excluding tert-OH is 4. The third-order valence-corrected chi connectivity index (χ3v) is 2.31. The van der Waals surface area contributed by atoms with Crippen LogP contribution in [0, 0.1) is 0 Å². The smallest absolute Gasteiger partial charge is 0.479 e. The minimum atomic E-state index is -1.74. The molecule has 1 saturated heterocycles. The summed E-state index contributed by atoms with van der Waals surface area (Å²) in [5.74, 6) is -1.48. The van der Waals surface area contributed by atoms with Crippen molar-refractivity contribution in [3.63, 3.8) is 0 Å². The second-order valence-electron chi connectivity index (χ2n) is 3.92. The van der Waals surface area contributed by atoms with Crippen molar-refractivity contribution in [3.8, 4) is 0 Å². The Morgan fingerprint density at radius 1 is 1.28 bits per heavy atom. The zero-order valence-electron chi connectivity index (χ0n) is 10.1. The molecule has 5 N–H and O–H groups in total. The molecule has 1 heterocycles. The Morgan fingerprint density at radius 2 is 1.83 bits per heavy atom. The number of hydrogen-bond donors (Lipinski definition) is 5. The number of carboxylic acids is 1. The van der Waals surface area contributed by atoms with Gasteiger partial charge in [-0.25, -0.2) is 4.79 Å². The zero-order chi connectivity index (χ0) is 13.2. The van der Waals surface area contributed by atoms with Crippen LogP contribution in [0.4, 0.5) is 0 Å². The summed E-state index contributed by atoms with van der Waals surface area (Å²) in [6, 6.07) is 0. The molecule has 0 aromatic rings. The SMILES string of the molecule is CC(O)COC1OC(C(=O)O)C(O)C(O)C1O.[Na+]. The fourth-order valence-electron chi connectivity index (χ4n) is 1.42. The number of carbonyl (C=O) groups is 1. The average molecular weight is 275 g/mol. The Kier molecular flexibility index (Phi) is 7.83. The number of aliphatic hydroxyl groups is 4. The molecule has 0 aromatic heterocycles. The van der Waals surface area contributed by atoms with Gasteiger partial charge in [-0.15, -0.1) is 0 Å². The zero-order valence-corrected chi connectivity index (χ0v) is 12.1. The first-order valence-corrected chi connectivity index (χ1v) is 5.06. The Bertz CT molecular complexity index is 273. The molecule has 1 aliphatic rings. The molecular weight excluding hydrogens is 259 g/mol. The molecule has 6 unspecified atom stereocenters. The molecule has 6 atom stereocenters. The minimum absolute atomic E-state index is 0. The normalized spacial score (nSPS) is 37.7. The van der Waals surface area contributed by atoms with Gasteiger partial charge in [0.1, 0.15) is 18.3 Å². The van der Waals surface area contributed by atoms with Crippen LogP contribution in [-0.4, -0.2) is 74.9 Å². The fraction of sp³-hybridized carbons (Fsp3) is 0.889. The molecule has 0 aromatic carbocycles. The predicted octanol–water partition coefficient (Wildman–Crippen LogP) is -5.72. The third kappa shape index (κ3) is 4.41. The fourth-order valence-corrected chi connectivity index (χ4v) is 1.42. The van der Waals surface area contributed by atoms with Crippen LogP contribution < -0.4 is 29.6 Å². The quantitative estimate of drug-likeness (QED) is 0.320. The molecule has 0 bridgehead atoms. The van der Waals surface area contributed by atoms with Gasteiger partial charge < -0.3 is 35.0 Å². The van der Waals surface area contributed by atoms with Crippen LogP contribution in [0.25, 0.3) is 0 Å². The van der Waals surface area contributed by atoms with Crippen molar-refractivity contribution < 1.29 is 69.4 Å². The van der Waals surface area contributed by atoms with E-state index in [0.717, 1.165) is 0 Å².